The highest BCUT2D eigenvalue weighted by Gasteiger charge is 2.25. The van der Waals surface area contributed by atoms with E-state index in [1.165, 1.54) is 167 Å². The van der Waals surface area contributed by atoms with E-state index >= 15 is 0 Å². The second kappa shape index (κ2) is 36.4. The van der Waals surface area contributed by atoms with Gasteiger partial charge in [0.15, 0.2) is 6.10 Å². The summed E-state index contributed by atoms with van der Waals surface area (Å²) in [5, 5.41) is 9.07. The number of carbonyl (C=O) groups is 2. The van der Waals surface area contributed by atoms with E-state index in [-0.39, 0.29) is 18.5 Å². The van der Waals surface area contributed by atoms with Gasteiger partial charge in [0, 0.05) is 12.8 Å². The minimum absolute atomic E-state index is 0.0512. The Morgan fingerprint density at radius 1 is 0.531 bits per heavy atom. The largest absolute Gasteiger partial charge is 0.481 e. The van der Waals surface area contributed by atoms with E-state index in [0.29, 0.717) is 17.3 Å². The van der Waals surface area contributed by atoms with Crippen LogP contribution in [0.5, 0.6) is 0 Å². The topological polar surface area (TPSA) is 63.6 Å². The summed E-state index contributed by atoms with van der Waals surface area (Å²) in [7, 11) is 4.28. The van der Waals surface area contributed by atoms with Gasteiger partial charge in [0.05, 0.1) is 27.1 Å². The lowest BCUT2D eigenvalue weighted by atomic mass is 10.0. The molecule has 0 fully saturated rings. The number of rotatable bonds is 39. The summed E-state index contributed by atoms with van der Waals surface area (Å²) in [5.41, 5.74) is 0. The minimum Gasteiger partial charge on any atom is -0.481 e. The predicted molar refractivity (Wildman–Crippen MR) is 212 cm³/mol. The van der Waals surface area contributed by atoms with E-state index < -0.39 is 5.97 Å². The number of unbranched alkanes of at least 4 members (excludes halogenated alkanes) is 26. The zero-order valence-electron chi connectivity index (χ0n) is 33.6. The smallest absolute Gasteiger partial charge is 0.306 e. The third-order valence-electron chi connectivity index (χ3n) is 10.2. The normalized spacial score (nSPS) is 12.6. The lowest BCUT2D eigenvalue weighted by molar-refractivity contribution is -0.893. The molecule has 0 radical (unpaired) electrons. The summed E-state index contributed by atoms with van der Waals surface area (Å²) in [4.78, 5) is 23.9. The molecule has 0 aliphatic rings. The molecule has 0 aromatic carbocycles. The summed E-state index contributed by atoms with van der Waals surface area (Å²) < 4.78 is 6.77. The van der Waals surface area contributed by atoms with Crippen LogP contribution in [0.15, 0.2) is 12.2 Å². The van der Waals surface area contributed by atoms with Crippen molar-refractivity contribution in [1.82, 2.24) is 0 Å². The van der Waals surface area contributed by atoms with Gasteiger partial charge in [-0.05, 0) is 44.9 Å². The molecule has 0 amide bonds. The maximum absolute atomic E-state index is 12.8. The maximum Gasteiger partial charge on any atom is 0.306 e. The number of hydrogen-bond donors (Lipinski definition) is 1. The van der Waals surface area contributed by atoms with Gasteiger partial charge in [-0.1, -0.05) is 174 Å². The third kappa shape index (κ3) is 37.7. The number of aliphatic carboxylic acids is 1. The molecule has 0 aromatic heterocycles. The van der Waals surface area contributed by atoms with E-state index in [2.05, 4.69) is 40.1 Å². The van der Waals surface area contributed by atoms with Crippen molar-refractivity contribution in [3.63, 3.8) is 0 Å². The van der Waals surface area contributed by atoms with Gasteiger partial charge in [-0.15, -0.1) is 0 Å². The fraction of sp³-hybridized carbons (Fsp3) is 0.909. The van der Waals surface area contributed by atoms with Crippen molar-refractivity contribution >= 4 is 11.9 Å². The van der Waals surface area contributed by atoms with Crippen molar-refractivity contribution in [3.8, 4) is 0 Å². The van der Waals surface area contributed by atoms with E-state index in [1.807, 2.05) is 0 Å². The first-order valence-electron chi connectivity index (χ1n) is 21.7. The van der Waals surface area contributed by atoms with Crippen LogP contribution in [0.1, 0.15) is 226 Å². The molecule has 1 N–H and O–H groups in total. The summed E-state index contributed by atoms with van der Waals surface area (Å²) >= 11 is 0. The minimum atomic E-state index is -0.740. The highest BCUT2D eigenvalue weighted by molar-refractivity contribution is 5.69. The van der Waals surface area contributed by atoms with Gasteiger partial charge in [-0.25, -0.2) is 0 Å². The molecule has 0 heterocycles. The van der Waals surface area contributed by atoms with E-state index in [1.54, 1.807) is 0 Å². The summed E-state index contributed by atoms with van der Waals surface area (Å²) in [5.74, 6) is -0.791. The van der Waals surface area contributed by atoms with Crippen molar-refractivity contribution in [1.29, 1.82) is 0 Å². The molecule has 0 aliphatic heterocycles. The number of carbonyl (C=O) groups excluding carboxylic acids is 1. The maximum atomic E-state index is 12.8. The van der Waals surface area contributed by atoms with Crippen LogP contribution in [0.3, 0.4) is 0 Å². The van der Waals surface area contributed by atoms with Gasteiger partial charge in [-0.2, -0.15) is 0 Å². The first-order chi connectivity index (χ1) is 23.8. The molecule has 0 aromatic rings. The summed E-state index contributed by atoms with van der Waals surface area (Å²) in [6.45, 7) is 6.10. The molecule has 5 nitrogen and oxygen atoms in total. The molecular weight excluding hydrogens is 606 g/mol. The molecule has 0 spiro atoms. The Balaban J connectivity index is 4.15. The van der Waals surface area contributed by atoms with Crippen molar-refractivity contribution < 1.29 is 23.9 Å². The van der Waals surface area contributed by atoms with E-state index in [4.69, 9.17) is 9.84 Å². The van der Waals surface area contributed by atoms with Crippen molar-refractivity contribution in [3.05, 3.63) is 12.2 Å². The van der Waals surface area contributed by atoms with Gasteiger partial charge in [0.2, 0.25) is 0 Å². The molecule has 5 heteroatoms. The average molecular weight is 693 g/mol. The predicted octanol–water partition coefficient (Wildman–Crippen LogP) is 13.5. The molecule has 49 heavy (non-hydrogen) atoms. The number of ether oxygens (including phenoxy) is 1. The Bertz CT molecular complexity index is 749. The SMILES string of the molecule is CCCCCCCCC=CCCCCCCCC(=O)OC(CCCCCCCCCCCCCCCCCC)C[N+](C)(C)CCCC(=O)O. The average Bonchev–Trinajstić information content (AvgIpc) is 3.05. The van der Waals surface area contributed by atoms with Gasteiger partial charge in [-0.3, -0.25) is 9.59 Å². The Kier molecular flexibility index (Phi) is 35.4. The second-order valence-corrected chi connectivity index (χ2v) is 15.9. The first kappa shape index (κ1) is 47.6. The molecule has 0 saturated heterocycles. The van der Waals surface area contributed by atoms with Crippen molar-refractivity contribution in [2.45, 2.75) is 232 Å². The number of hydrogen-bond acceptors (Lipinski definition) is 3. The standard InChI is InChI=1S/C44H85NO4/c1-5-7-9-11-13-15-17-19-21-23-24-26-28-30-32-34-37-42(41-45(3,4)40-36-38-43(46)47)49-44(48)39-35-33-31-29-27-25-22-20-18-16-14-12-10-8-6-2/h20,22,42H,5-19,21,23-41H2,1-4H3/p+1. The molecular formula is C44H86NO4+. The van der Waals surface area contributed by atoms with Crippen LogP contribution in [0.25, 0.3) is 0 Å². The quantitative estimate of drug-likeness (QED) is 0.0301. The molecule has 0 bridgehead atoms. The van der Waals surface area contributed by atoms with Crippen LogP contribution in [-0.2, 0) is 14.3 Å². The Morgan fingerprint density at radius 2 is 0.918 bits per heavy atom. The highest BCUT2D eigenvalue weighted by atomic mass is 16.5. The number of esters is 1. The molecule has 0 aliphatic carbocycles. The number of nitrogens with zero attached hydrogens (tertiary/aromatic N) is 1. The monoisotopic (exact) mass is 693 g/mol. The molecule has 1 unspecified atom stereocenters. The second-order valence-electron chi connectivity index (χ2n) is 15.9. The van der Waals surface area contributed by atoms with E-state index in [0.717, 1.165) is 38.8 Å². The van der Waals surface area contributed by atoms with Gasteiger partial charge >= 0.3 is 11.9 Å². The van der Waals surface area contributed by atoms with Crippen molar-refractivity contribution in [2.75, 3.05) is 27.2 Å². The molecule has 290 valence electrons. The van der Waals surface area contributed by atoms with Crippen molar-refractivity contribution in [2.24, 2.45) is 0 Å². The first-order valence-corrected chi connectivity index (χ1v) is 21.7. The number of carboxylic acids is 1. The summed E-state index contributed by atoms with van der Waals surface area (Å²) in [6, 6.07) is 0. The van der Waals surface area contributed by atoms with Crippen LogP contribution in [0.2, 0.25) is 0 Å². The zero-order valence-corrected chi connectivity index (χ0v) is 33.6. The lowest BCUT2D eigenvalue weighted by Crippen LogP contribution is -2.47. The molecule has 0 rings (SSSR count). The number of carboxylic acid groups (broad SMARTS) is 1. The van der Waals surface area contributed by atoms with Crippen LogP contribution in [0, 0.1) is 0 Å². The lowest BCUT2D eigenvalue weighted by Gasteiger charge is -2.33. The van der Waals surface area contributed by atoms with E-state index in [9.17, 15) is 9.59 Å². The van der Waals surface area contributed by atoms with Gasteiger partial charge in [0.1, 0.15) is 6.54 Å². The highest BCUT2D eigenvalue weighted by Crippen LogP contribution is 2.18. The fourth-order valence-electron chi connectivity index (χ4n) is 6.99. The van der Waals surface area contributed by atoms with Crippen LogP contribution < -0.4 is 0 Å². The number of likely N-dealkylation sites (N-methyl/N-ethyl adjacent to an activating group) is 1. The fourth-order valence-corrected chi connectivity index (χ4v) is 6.99. The van der Waals surface area contributed by atoms with Crippen LogP contribution in [-0.4, -0.2) is 54.8 Å². The Hall–Kier alpha value is -1.36. The Labute approximate surface area is 306 Å². The third-order valence-corrected chi connectivity index (χ3v) is 10.2. The molecule has 1 atom stereocenters. The number of quaternary nitrogens is 1. The molecule has 0 saturated carbocycles. The zero-order chi connectivity index (χ0) is 36.1. The van der Waals surface area contributed by atoms with Gasteiger partial charge < -0.3 is 14.3 Å². The summed E-state index contributed by atoms with van der Waals surface area (Å²) in [6.07, 6.45) is 44.9. The Morgan fingerprint density at radius 3 is 1.35 bits per heavy atom. The van der Waals surface area contributed by atoms with Crippen LogP contribution in [0.4, 0.5) is 0 Å². The van der Waals surface area contributed by atoms with Gasteiger partial charge in [0.25, 0.3) is 0 Å². The van der Waals surface area contributed by atoms with Crippen LogP contribution >= 0.6 is 0 Å². The number of allylic oxidation sites excluding steroid dienone is 2.